The van der Waals surface area contributed by atoms with Crippen molar-refractivity contribution in [1.82, 2.24) is 20.5 Å². The second kappa shape index (κ2) is 15.1. The number of fused-ring (bicyclic) bond motifs is 1. The maximum absolute atomic E-state index is 14.6. The highest BCUT2D eigenvalue weighted by molar-refractivity contribution is 5.98. The highest BCUT2D eigenvalue weighted by Crippen LogP contribution is 2.45. The third-order valence-electron chi connectivity index (χ3n) is 10.5. The lowest BCUT2D eigenvalue weighted by molar-refractivity contribution is -0.384. The molecule has 2 saturated carbocycles. The molecule has 6 rings (SSSR count). The van der Waals surface area contributed by atoms with Crippen LogP contribution < -0.4 is 15.4 Å². The number of nitrogens with zero attached hydrogens (tertiary/aromatic N) is 3. The number of likely N-dealkylation sites (tertiary alicyclic amines) is 1. The molecular weight excluding hydrogens is 666 g/mol. The molecule has 2 aromatic carbocycles. The summed E-state index contributed by atoms with van der Waals surface area (Å²) in [6.45, 7) is 8.67. The van der Waals surface area contributed by atoms with Crippen LogP contribution in [0.25, 0.3) is 22.2 Å². The number of nitro groups is 1. The summed E-state index contributed by atoms with van der Waals surface area (Å²) in [5.74, 6) is -1.24. The Kier molecular flexibility index (Phi) is 10.6. The number of nitrogens with one attached hydrogen (secondary N) is 2. The Labute approximate surface area is 302 Å². The molecule has 2 aliphatic carbocycles. The summed E-state index contributed by atoms with van der Waals surface area (Å²) in [4.78, 5) is 71.9. The highest BCUT2D eigenvalue weighted by Gasteiger charge is 2.59. The third-order valence-corrected chi connectivity index (χ3v) is 10.5. The van der Waals surface area contributed by atoms with Gasteiger partial charge in [-0.15, -0.1) is 6.58 Å². The summed E-state index contributed by atoms with van der Waals surface area (Å²) in [7, 11) is 0. The predicted octanol–water partition coefficient (Wildman–Crippen LogP) is 5.89. The second-order valence-electron chi connectivity index (χ2n) is 14.3. The van der Waals surface area contributed by atoms with E-state index in [-0.39, 0.29) is 36.3 Å². The summed E-state index contributed by atoms with van der Waals surface area (Å²) >= 11 is 0. The van der Waals surface area contributed by atoms with Crippen molar-refractivity contribution in [1.29, 1.82) is 0 Å². The molecule has 5 atom stereocenters. The number of ketones is 1. The van der Waals surface area contributed by atoms with E-state index in [0.29, 0.717) is 28.8 Å². The van der Waals surface area contributed by atoms with Gasteiger partial charge in [0.1, 0.15) is 29.5 Å². The van der Waals surface area contributed by atoms with Gasteiger partial charge in [0.05, 0.1) is 28.8 Å². The normalized spacial score (nSPS) is 23.5. The molecule has 3 fully saturated rings. The van der Waals surface area contributed by atoms with Gasteiger partial charge >= 0.3 is 6.09 Å². The van der Waals surface area contributed by atoms with Crippen LogP contribution in [-0.4, -0.2) is 74.9 Å². The first kappa shape index (κ1) is 36.5. The predicted molar refractivity (Wildman–Crippen MR) is 193 cm³/mol. The van der Waals surface area contributed by atoms with Gasteiger partial charge in [0.15, 0.2) is 5.78 Å². The van der Waals surface area contributed by atoms with Gasteiger partial charge < -0.3 is 25.0 Å². The number of rotatable bonds is 12. The molecule has 1 aliphatic heterocycles. The minimum Gasteiger partial charge on any atom is -0.488 e. The van der Waals surface area contributed by atoms with Crippen molar-refractivity contribution in [3.63, 3.8) is 0 Å². The van der Waals surface area contributed by atoms with E-state index in [2.05, 4.69) is 17.2 Å². The summed E-state index contributed by atoms with van der Waals surface area (Å²) in [6.07, 6.45) is 4.55. The number of pyridine rings is 1. The van der Waals surface area contributed by atoms with Gasteiger partial charge in [-0.3, -0.25) is 24.5 Å². The highest BCUT2D eigenvalue weighted by atomic mass is 16.6. The standard InChI is InChI=1S/C39H45N5O8/c1-5-27-21-39(27,24(4)45)42-36(46)33-19-29(22-43(33)37(47)35(26-14-10-7-11-15-26)41-38(48)51-23(2)3)52-34-20-32(25-12-8-6-9-13-25)40-31-17-16-28(44(49)50)18-30(31)34/h5-6,8-9,12-13,16-18,20,23,26-27,29,33,35H,1,7,10-11,14-15,19,21-22H2,2-4H3,(H,41,48)(H,42,46)/t27-,29?,33-,35-,39-/m0/s1. The lowest BCUT2D eigenvalue weighted by Gasteiger charge is -2.34. The first-order chi connectivity index (χ1) is 24.9. The van der Waals surface area contributed by atoms with Crippen molar-refractivity contribution in [2.75, 3.05) is 6.54 Å². The zero-order chi connectivity index (χ0) is 37.2. The van der Waals surface area contributed by atoms with Crippen LogP contribution >= 0.6 is 0 Å². The molecule has 2 heterocycles. The van der Waals surface area contributed by atoms with Crippen LogP contribution in [0.15, 0.2) is 67.3 Å². The number of carbonyl (C=O) groups excluding carboxylic acids is 4. The maximum atomic E-state index is 14.6. The average molecular weight is 712 g/mol. The van der Waals surface area contributed by atoms with Crippen molar-refractivity contribution in [3.05, 3.63) is 77.4 Å². The molecule has 0 bridgehead atoms. The SMILES string of the molecule is C=C[C@H]1C[C@]1(NC(=O)[C@@H]1CC(Oc2cc(-c3ccccc3)nc3ccc([N+](=O)[O-])cc23)CN1C(=O)[C@@H](NC(=O)OC(C)C)C1CCCCC1)C(C)=O. The molecule has 2 N–H and O–H groups in total. The number of non-ortho nitro benzene ring substituents is 1. The van der Waals surface area contributed by atoms with Gasteiger partial charge in [0, 0.05) is 41.5 Å². The van der Waals surface area contributed by atoms with Crippen molar-refractivity contribution in [3.8, 4) is 17.0 Å². The van der Waals surface area contributed by atoms with E-state index in [1.807, 2.05) is 30.3 Å². The summed E-state index contributed by atoms with van der Waals surface area (Å²) in [5, 5.41) is 17.9. The topological polar surface area (TPSA) is 170 Å². The van der Waals surface area contributed by atoms with Crippen molar-refractivity contribution >= 4 is 40.3 Å². The molecule has 0 spiro atoms. The number of amides is 3. The van der Waals surface area contributed by atoms with Crippen LogP contribution in [0, 0.1) is 22.0 Å². The molecule has 3 aliphatic rings. The summed E-state index contributed by atoms with van der Waals surface area (Å²) in [5.41, 5.74) is 0.616. The Hall–Kier alpha value is -5.33. The fourth-order valence-corrected chi connectivity index (χ4v) is 7.62. The number of aromatic nitrogens is 1. The minimum absolute atomic E-state index is 0.0155. The first-order valence-electron chi connectivity index (χ1n) is 17.9. The molecule has 274 valence electrons. The van der Waals surface area contributed by atoms with E-state index in [4.69, 9.17) is 14.5 Å². The fourth-order valence-electron chi connectivity index (χ4n) is 7.62. The Morgan fingerprint density at radius 2 is 1.81 bits per heavy atom. The monoisotopic (exact) mass is 711 g/mol. The molecule has 3 aromatic rings. The van der Waals surface area contributed by atoms with Crippen LogP contribution in [0.2, 0.25) is 0 Å². The molecule has 13 nitrogen and oxygen atoms in total. The lowest BCUT2D eigenvalue weighted by atomic mass is 9.83. The van der Waals surface area contributed by atoms with Gasteiger partial charge in [-0.1, -0.05) is 55.7 Å². The van der Waals surface area contributed by atoms with Gasteiger partial charge in [-0.25, -0.2) is 9.78 Å². The maximum Gasteiger partial charge on any atom is 0.408 e. The Bertz CT molecular complexity index is 1880. The molecule has 52 heavy (non-hydrogen) atoms. The summed E-state index contributed by atoms with van der Waals surface area (Å²) < 4.78 is 12.0. The van der Waals surface area contributed by atoms with E-state index >= 15 is 0 Å². The number of alkyl carbamates (subject to hydrolysis) is 1. The van der Waals surface area contributed by atoms with E-state index < -0.39 is 52.7 Å². The molecule has 1 unspecified atom stereocenters. The van der Waals surface area contributed by atoms with Crippen molar-refractivity contribution < 1.29 is 33.6 Å². The molecule has 1 saturated heterocycles. The van der Waals surface area contributed by atoms with Crippen LogP contribution in [0.1, 0.15) is 65.7 Å². The largest absolute Gasteiger partial charge is 0.488 e. The quantitative estimate of drug-likeness (QED) is 0.132. The molecule has 1 aromatic heterocycles. The number of carbonyl (C=O) groups is 4. The van der Waals surface area contributed by atoms with E-state index in [0.717, 1.165) is 37.7 Å². The zero-order valence-corrected chi connectivity index (χ0v) is 29.7. The van der Waals surface area contributed by atoms with E-state index in [1.165, 1.54) is 24.0 Å². The Balaban J connectivity index is 1.36. The van der Waals surface area contributed by atoms with E-state index in [1.54, 1.807) is 32.1 Å². The van der Waals surface area contributed by atoms with Crippen LogP contribution in [-0.2, 0) is 19.1 Å². The molecule has 0 radical (unpaired) electrons. The van der Waals surface area contributed by atoms with Gasteiger partial charge in [-0.05, 0) is 52.0 Å². The number of hydrogen-bond acceptors (Lipinski definition) is 9. The average Bonchev–Trinajstić information content (AvgIpc) is 3.69. The number of nitro benzene ring substituents is 1. The van der Waals surface area contributed by atoms with Crippen LogP contribution in [0.5, 0.6) is 5.75 Å². The first-order valence-corrected chi connectivity index (χ1v) is 17.9. The smallest absolute Gasteiger partial charge is 0.408 e. The number of hydrogen-bond donors (Lipinski definition) is 2. The number of Topliss-reactive ketones (excluding diaryl/α,β-unsaturated/α-hetero) is 1. The van der Waals surface area contributed by atoms with Crippen LogP contribution in [0.3, 0.4) is 0 Å². The lowest BCUT2D eigenvalue weighted by Crippen LogP contribution is -2.58. The Morgan fingerprint density at radius 1 is 1.08 bits per heavy atom. The number of benzene rings is 2. The summed E-state index contributed by atoms with van der Waals surface area (Å²) in [6, 6.07) is 13.5. The minimum atomic E-state index is -1.10. The molecular formula is C39H45N5O8. The van der Waals surface area contributed by atoms with Gasteiger partial charge in [0.25, 0.3) is 5.69 Å². The van der Waals surface area contributed by atoms with Gasteiger partial charge in [0.2, 0.25) is 11.8 Å². The van der Waals surface area contributed by atoms with Crippen LogP contribution in [0.4, 0.5) is 10.5 Å². The molecule has 3 amide bonds. The van der Waals surface area contributed by atoms with Gasteiger partial charge in [-0.2, -0.15) is 0 Å². The molecule has 13 heteroatoms. The van der Waals surface area contributed by atoms with Crippen molar-refractivity contribution in [2.45, 2.75) is 95.5 Å². The third kappa shape index (κ3) is 7.63. The van der Waals surface area contributed by atoms with E-state index in [9.17, 15) is 29.3 Å². The Morgan fingerprint density at radius 3 is 2.44 bits per heavy atom. The second-order valence-corrected chi connectivity index (χ2v) is 14.3. The fraction of sp³-hybridized carbons (Fsp3) is 0.462. The number of ether oxygens (including phenoxy) is 2. The van der Waals surface area contributed by atoms with Crippen molar-refractivity contribution in [2.24, 2.45) is 11.8 Å². The zero-order valence-electron chi connectivity index (χ0n) is 29.7.